The predicted octanol–water partition coefficient (Wildman–Crippen LogP) is 5.81. The number of nitrogens with one attached hydrogen (secondary N) is 1. The minimum atomic E-state index is -0.521. The van der Waals surface area contributed by atoms with E-state index in [1.54, 1.807) is 0 Å². The van der Waals surface area contributed by atoms with Crippen LogP contribution in [-0.4, -0.2) is 18.9 Å². The van der Waals surface area contributed by atoms with E-state index in [1.807, 2.05) is 36.4 Å². The van der Waals surface area contributed by atoms with Crippen LogP contribution in [0.3, 0.4) is 0 Å². The van der Waals surface area contributed by atoms with Crippen molar-refractivity contribution in [2.24, 2.45) is 10.7 Å². The first-order chi connectivity index (χ1) is 14.1. The molecule has 0 spiro atoms. The molecule has 3 rings (SSSR count). The van der Waals surface area contributed by atoms with Gasteiger partial charge in [-0.3, -0.25) is 4.99 Å². The highest BCUT2D eigenvalue weighted by atomic mass is 15.0. The van der Waals surface area contributed by atoms with Crippen LogP contribution in [0.5, 0.6) is 0 Å². The molecule has 29 heavy (non-hydrogen) atoms. The fourth-order valence-corrected chi connectivity index (χ4v) is 3.72. The van der Waals surface area contributed by atoms with Gasteiger partial charge in [0.05, 0.1) is 5.84 Å². The topological polar surface area (TPSA) is 50.4 Å². The van der Waals surface area contributed by atoms with Crippen LogP contribution in [0.15, 0.2) is 77.8 Å². The summed E-state index contributed by atoms with van der Waals surface area (Å²) in [5, 5.41) is 3.39. The van der Waals surface area contributed by atoms with Gasteiger partial charge in [0.15, 0.2) is 0 Å². The summed E-state index contributed by atoms with van der Waals surface area (Å²) in [7, 11) is 0. The maximum absolute atomic E-state index is 5.96. The molecule has 3 N–H and O–H groups in total. The molecule has 0 atom stereocenters. The van der Waals surface area contributed by atoms with Crippen molar-refractivity contribution in [3.63, 3.8) is 0 Å². The standard InChI is InChI=1S/C17H16N2.C9H21N/c1-13-12-16(18)19-17(13,14-8-4-2-5-9-14)15-10-6-3-7-11-15;1-3-5-6-7-9-10-8-4-2/h2-11H,1,12H2,(H2,18,19);10H,3-9H2,1-2H3. The van der Waals surface area contributed by atoms with E-state index in [-0.39, 0.29) is 0 Å². The smallest absolute Gasteiger partial charge is 0.134 e. The molecule has 3 nitrogen and oxygen atoms in total. The normalized spacial score (nSPS) is 14.8. The lowest BCUT2D eigenvalue weighted by Gasteiger charge is -2.29. The lowest BCUT2D eigenvalue weighted by atomic mass is 9.78. The van der Waals surface area contributed by atoms with Gasteiger partial charge in [0.1, 0.15) is 5.54 Å². The molecule has 0 radical (unpaired) electrons. The lowest BCUT2D eigenvalue weighted by molar-refractivity contribution is 0.594. The number of unbranched alkanes of at least 4 members (excludes halogenated alkanes) is 3. The summed E-state index contributed by atoms with van der Waals surface area (Å²) in [5.74, 6) is 0.651. The van der Waals surface area contributed by atoms with Crippen LogP contribution in [0, 0.1) is 0 Å². The van der Waals surface area contributed by atoms with Crippen molar-refractivity contribution in [1.82, 2.24) is 5.32 Å². The summed E-state index contributed by atoms with van der Waals surface area (Å²) < 4.78 is 0. The zero-order valence-corrected chi connectivity index (χ0v) is 18.2. The number of benzene rings is 2. The molecule has 1 aliphatic rings. The second kappa shape index (κ2) is 12.2. The molecule has 2 aromatic rings. The number of nitrogens with two attached hydrogens (primary N) is 1. The second-order valence-electron chi connectivity index (χ2n) is 7.64. The molecular weight excluding hydrogens is 354 g/mol. The largest absolute Gasteiger partial charge is 0.387 e. The van der Waals surface area contributed by atoms with Crippen molar-refractivity contribution in [3.05, 3.63) is 83.9 Å². The Morgan fingerprint density at radius 3 is 1.90 bits per heavy atom. The van der Waals surface area contributed by atoms with Crippen molar-refractivity contribution < 1.29 is 0 Å². The second-order valence-corrected chi connectivity index (χ2v) is 7.64. The minimum Gasteiger partial charge on any atom is -0.387 e. The third-order valence-electron chi connectivity index (χ3n) is 5.23. The Morgan fingerprint density at radius 2 is 1.45 bits per heavy atom. The molecule has 0 amide bonds. The van der Waals surface area contributed by atoms with E-state index < -0.39 is 5.54 Å². The van der Waals surface area contributed by atoms with E-state index in [4.69, 9.17) is 10.7 Å². The molecule has 1 aliphatic heterocycles. The van der Waals surface area contributed by atoms with Crippen LogP contribution in [-0.2, 0) is 5.54 Å². The molecule has 0 unspecified atom stereocenters. The molecular formula is C26H37N3. The molecule has 156 valence electrons. The lowest BCUT2D eigenvalue weighted by Crippen LogP contribution is -2.24. The summed E-state index contributed by atoms with van der Waals surface area (Å²) in [6.07, 6.45) is 7.40. The third kappa shape index (κ3) is 6.30. The van der Waals surface area contributed by atoms with E-state index in [0.29, 0.717) is 12.3 Å². The van der Waals surface area contributed by atoms with Gasteiger partial charge in [-0.2, -0.15) is 0 Å². The first kappa shape index (κ1) is 22.9. The zero-order chi connectivity index (χ0) is 21.0. The van der Waals surface area contributed by atoms with E-state index in [9.17, 15) is 0 Å². The SMILES string of the molecule is C=C1CC(N)=NC1(c1ccccc1)c1ccccc1.CCCCCCNCCC. The van der Waals surface area contributed by atoms with Crippen molar-refractivity contribution in [3.8, 4) is 0 Å². The Hall–Kier alpha value is -2.39. The van der Waals surface area contributed by atoms with Gasteiger partial charge >= 0.3 is 0 Å². The first-order valence-corrected chi connectivity index (χ1v) is 11.0. The van der Waals surface area contributed by atoms with Gasteiger partial charge in [-0.05, 0) is 42.6 Å². The van der Waals surface area contributed by atoms with Crippen LogP contribution >= 0.6 is 0 Å². The highest BCUT2D eigenvalue weighted by Crippen LogP contribution is 2.44. The highest BCUT2D eigenvalue weighted by molar-refractivity contribution is 5.88. The Morgan fingerprint density at radius 1 is 0.862 bits per heavy atom. The molecule has 0 aliphatic carbocycles. The summed E-state index contributed by atoms with van der Waals surface area (Å²) >= 11 is 0. The highest BCUT2D eigenvalue weighted by Gasteiger charge is 2.40. The van der Waals surface area contributed by atoms with E-state index in [1.165, 1.54) is 45.2 Å². The summed E-state index contributed by atoms with van der Waals surface area (Å²) in [6.45, 7) is 11.1. The zero-order valence-electron chi connectivity index (χ0n) is 18.2. The van der Waals surface area contributed by atoms with Crippen LogP contribution in [0.25, 0.3) is 0 Å². The molecule has 2 aromatic carbocycles. The van der Waals surface area contributed by atoms with Crippen molar-refractivity contribution in [2.45, 2.75) is 57.9 Å². The summed E-state index contributed by atoms with van der Waals surface area (Å²) in [5.41, 5.74) is 8.71. The molecule has 0 saturated heterocycles. The predicted molar refractivity (Wildman–Crippen MR) is 126 cm³/mol. The van der Waals surface area contributed by atoms with Gasteiger partial charge in [-0.1, -0.05) is 100 Å². The Kier molecular flexibility index (Phi) is 9.66. The Balaban J connectivity index is 0.000000257. The number of nitrogens with zero attached hydrogens (tertiary/aromatic N) is 1. The third-order valence-corrected chi connectivity index (χ3v) is 5.23. The monoisotopic (exact) mass is 391 g/mol. The number of amidine groups is 1. The number of aliphatic imine (C=N–C) groups is 1. The molecule has 1 heterocycles. The fraction of sp³-hybridized carbons (Fsp3) is 0.423. The fourth-order valence-electron chi connectivity index (χ4n) is 3.72. The van der Waals surface area contributed by atoms with Gasteiger partial charge in [-0.15, -0.1) is 0 Å². The number of hydrogen-bond acceptors (Lipinski definition) is 3. The average Bonchev–Trinajstić information content (AvgIpc) is 3.07. The minimum absolute atomic E-state index is 0.521. The van der Waals surface area contributed by atoms with Crippen LogP contribution in [0.1, 0.15) is 63.5 Å². The van der Waals surface area contributed by atoms with Crippen molar-refractivity contribution in [1.29, 1.82) is 0 Å². The van der Waals surface area contributed by atoms with Gasteiger partial charge in [-0.25, -0.2) is 0 Å². The Labute approximate surface area is 177 Å². The molecule has 0 saturated carbocycles. The maximum atomic E-state index is 5.96. The average molecular weight is 392 g/mol. The summed E-state index contributed by atoms with van der Waals surface area (Å²) in [6, 6.07) is 20.4. The van der Waals surface area contributed by atoms with Crippen LogP contribution in [0.2, 0.25) is 0 Å². The number of rotatable bonds is 9. The van der Waals surface area contributed by atoms with E-state index in [2.05, 4.69) is 50.0 Å². The van der Waals surface area contributed by atoms with Gasteiger partial charge < -0.3 is 11.1 Å². The van der Waals surface area contributed by atoms with Gasteiger partial charge in [0.25, 0.3) is 0 Å². The van der Waals surface area contributed by atoms with Crippen molar-refractivity contribution in [2.75, 3.05) is 13.1 Å². The molecule has 3 heteroatoms. The first-order valence-electron chi connectivity index (χ1n) is 11.0. The van der Waals surface area contributed by atoms with Gasteiger partial charge in [0.2, 0.25) is 0 Å². The van der Waals surface area contributed by atoms with Crippen molar-refractivity contribution >= 4 is 5.84 Å². The van der Waals surface area contributed by atoms with E-state index >= 15 is 0 Å². The maximum Gasteiger partial charge on any atom is 0.134 e. The van der Waals surface area contributed by atoms with Crippen LogP contribution < -0.4 is 11.1 Å². The molecule has 0 bridgehead atoms. The molecule has 0 aromatic heterocycles. The van der Waals surface area contributed by atoms with Crippen LogP contribution in [0.4, 0.5) is 0 Å². The quantitative estimate of drug-likeness (QED) is 0.418. The Bertz CT molecular complexity index is 703. The molecule has 0 fully saturated rings. The van der Waals surface area contributed by atoms with E-state index in [0.717, 1.165) is 16.7 Å². The summed E-state index contributed by atoms with van der Waals surface area (Å²) in [4.78, 5) is 4.74. The van der Waals surface area contributed by atoms with Gasteiger partial charge in [0, 0.05) is 6.42 Å². The number of hydrogen-bond donors (Lipinski definition) is 2.